The van der Waals surface area contributed by atoms with Gasteiger partial charge in [-0.15, -0.1) is 0 Å². The Morgan fingerprint density at radius 1 is 1.26 bits per heavy atom. The van der Waals surface area contributed by atoms with E-state index in [4.69, 9.17) is 0 Å². The molecule has 0 N–H and O–H groups in total. The van der Waals surface area contributed by atoms with E-state index in [2.05, 4.69) is 35.9 Å². The quantitative estimate of drug-likeness (QED) is 0.778. The number of nitrogens with zero attached hydrogens (tertiary/aromatic N) is 2. The Kier molecular flexibility index (Phi) is 4.59. The minimum absolute atomic E-state index is 0.130. The number of rotatable bonds is 4. The Balaban J connectivity index is 1.99. The molecule has 1 fully saturated rings. The summed E-state index contributed by atoms with van der Waals surface area (Å²) in [6.07, 6.45) is 2.44. The summed E-state index contributed by atoms with van der Waals surface area (Å²) in [6.45, 7) is 7.38. The number of ketones is 1. The summed E-state index contributed by atoms with van der Waals surface area (Å²) in [7, 11) is 2.16. The van der Waals surface area contributed by atoms with E-state index in [0.717, 1.165) is 12.1 Å². The van der Waals surface area contributed by atoms with Crippen LogP contribution in [0.2, 0.25) is 0 Å². The second-order valence-corrected chi connectivity index (χ2v) is 5.38. The molecule has 0 spiro atoms. The van der Waals surface area contributed by atoms with Gasteiger partial charge in [0.25, 0.3) is 0 Å². The third-order valence-electron chi connectivity index (χ3n) is 4.23. The average molecular weight is 260 g/mol. The Morgan fingerprint density at radius 3 is 2.32 bits per heavy atom. The van der Waals surface area contributed by atoms with Crippen molar-refractivity contribution in [1.82, 2.24) is 4.90 Å². The molecule has 1 aliphatic heterocycles. The summed E-state index contributed by atoms with van der Waals surface area (Å²) in [4.78, 5) is 16.1. The first-order chi connectivity index (χ1) is 9.11. The summed E-state index contributed by atoms with van der Waals surface area (Å²) in [5.41, 5.74) is 2.00. The molecule has 1 saturated heterocycles. The molecule has 1 aliphatic rings. The van der Waals surface area contributed by atoms with Gasteiger partial charge in [-0.2, -0.15) is 0 Å². The number of carbonyl (C=O) groups is 1. The van der Waals surface area contributed by atoms with Crippen LogP contribution in [0.4, 0.5) is 5.69 Å². The van der Waals surface area contributed by atoms with Gasteiger partial charge in [0.1, 0.15) is 0 Å². The zero-order valence-electron chi connectivity index (χ0n) is 12.2. The lowest BCUT2D eigenvalue weighted by Gasteiger charge is -2.37. The van der Waals surface area contributed by atoms with E-state index in [1.165, 1.54) is 31.6 Å². The molecular weight excluding hydrogens is 236 g/mol. The first-order valence-electron chi connectivity index (χ1n) is 7.18. The summed E-state index contributed by atoms with van der Waals surface area (Å²) in [5.74, 6) is 0.130. The fourth-order valence-corrected chi connectivity index (χ4v) is 2.76. The molecule has 1 aromatic rings. The van der Waals surface area contributed by atoms with Gasteiger partial charge in [0.15, 0.2) is 5.78 Å². The smallest absolute Gasteiger partial charge is 0.159 e. The maximum atomic E-state index is 11.3. The molecule has 104 valence electrons. The summed E-state index contributed by atoms with van der Waals surface area (Å²) < 4.78 is 0. The van der Waals surface area contributed by atoms with Gasteiger partial charge >= 0.3 is 0 Å². The van der Waals surface area contributed by atoms with Crippen LogP contribution in [0.1, 0.15) is 37.0 Å². The van der Waals surface area contributed by atoms with E-state index in [1.807, 2.05) is 12.1 Å². The molecule has 3 heteroatoms. The van der Waals surface area contributed by atoms with Crippen LogP contribution in [-0.2, 0) is 0 Å². The van der Waals surface area contributed by atoms with Crippen molar-refractivity contribution >= 4 is 11.5 Å². The lowest BCUT2D eigenvalue weighted by Crippen LogP contribution is -2.43. The lowest BCUT2D eigenvalue weighted by molar-refractivity contribution is 0.101. The number of hydrogen-bond acceptors (Lipinski definition) is 3. The van der Waals surface area contributed by atoms with Crippen molar-refractivity contribution in [2.75, 3.05) is 31.6 Å². The van der Waals surface area contributed by atoms with E-state index in [-0.39, 0.29) is 5.78 Å². The highest BCUT2D eigenvalue weighted by Gasteiger charge is 2.21. The molecule has 19 heavy (non-hydrogen) atoms. The molecule has 0 unspecified atom stereocenters. The van der Waals surface area contributed by atoms with Crippen LogP contribution in [0.15, 0.2) is 24.3 Å². The van der Waals surface area contributed by atoms with Crippen LogP contribution >= 0.6 is 0 Å². The average Bonchev–Trinajstić information content (AvgIpc) is 2.46. The Morgan fingerprint density at radius 2 is 1.84 bits per heavy atom. The highest BCUT2D eigenvalue weighted by Crippen LogP contribution is 2.22. The van der Waals surface area contributed by atoms with Crippen LogP contribution < -0.4 is 4.90 Å². The van der Waals surface area contributed by atoms with Crippen LogP contribution in [0.5, 0.6) is 0 Å². The number of likely N-dealkylation sites (tertiary alicyclic amines) is 1. The third kappa shape index (κ3) is 3.35. The highest BCUT2D eigenvalue weighted by atomic mass is 16.1. The van der Waals surface area contributed by atoms with Crippen molar-refractivity contribution in [2.45, 2.75) is 32.7 Å². The largest absolute Gasteiger partial charge is 0.372 e. The van der Waals surface area contributed by atoms with Gasteiger partial charge in [-0.1, -0.05) is 6.92 Å². The summed E-state index contributed by atoms with van der Waals surface area (Å²) in [6, 6.07) is 8.59. The lowest BCUT2D eigenvalue weighted by atomic mass is 10.0. The first kappa shape index (κ1) is 14.1. The predicted molar refractivity (Wildman–Crippen MR) is 80.0 cm³/mol. The van der Waals surface area contributed by atoms with Crippen molar-refractivity contribution in [3.05, 3.63) is 29.8 Å². The topological polar surface area (TPSA) is 23.6 Å². The number of anilines is 1. The molecule has 0 bridgehead atoms. The summed E-state index contributed by atoms with van der Waals surface area (Å²) >= 11 is 0. The minimum Gasteiger partial charge on any atom is -0.372 e. The van der Waals surface area contributed by atoms with Crippen LogP contribution in [0.3, 0.4) is 0 Å². The summed E-state index contributed by atoms with van der Waals surface area (Å²) in [5, 5.41) is 0. The van der Waals surface area contributed by atoms with Gasteiger partial charge in [0.2, 0.25) is 0 Å². The molecule has 0 atom stereocenters. The van der Waals surface area contributed by atoms with Crippen molar-refractivity contribution in [3.8, 4) is 0 Å². The second kappa shape index (κ2) is 6.20. The van der Waals surface area contributed by atoms with Gasteiger partial charge in [-0.25, -0.2) is 0 Å². The monoisotopic (exact) mass is 260 g/mol. The SMILES string of the molecule is CCN1CCC(N(C)c2ccc(C(C)=O)cc2)CC1. The highest BCUT2D eigenvalue weighted by molar-refractivity contribution is 5.94. The zero-order valence-corrected chi connectivity index (χ0v) is 12.2. The Bertz CT molecular complexity index is 419. The van der Waals surface area contributed by atoms with E-state index in [1.54, 1.807) is 6.92 Å². The molecule has 0 amide bonds. The van der Waals surface area contributed by atoms with Crippen molar-refractivity contribution in [2.24, 2.45) is 0 Å². The molecule has 0 aromatic heterocycles. The number of hydrogen-bond donors (Lipinski definition) is 0. The molecule has 0 radical (unpaired) electrons. The van der Waals surface area contributed by atoms with Gasteiger partial charge in [-0.3, -0.25) is 4.79 Å². The number of benzene rings is 1. The molecule has 3 nitrogen and oxygen atoms in total. The van der Waals surface area contributed by atoms with Gasteiger partial charge in [0.05, 0.1) is 0 Å². The maximum Gasteiger partial charge on any atom is 0.159 e. The molecule has 0 saturated carbocycles. The molecule has 0 aliphatic carbocycles. The van der Waals surface area contributed by atoms with Gasteiger partial charge < -0.3 is 9.80 Å². The minimum atomic E-state index is 0.130. The van der Waals surface area contributed by atoms with Crippen molar-refractivity contribution in [3.63, 3.8) is 0 Å². The predicted octanol–water partition coefficient (Wildman–Crippen LogP) is 2.81. The van der Waals surface area contributed by atoms with Gasteiger partial charge in [0, 0.05) is 37.4 Å². The zero-order chi connectivity index (χ0) is 13.8. The van der Waals surface area contributed by atoms with Crippen LogP contribution in [0, 0.1) is 0 Å². The Labute approximate surface area is 116 Å². The van der Waals surface area contributed by atoms with E-state index < -0.39 is 0 Å². The molecular formula is C16H24N2O. The van der Waals surface area contributed by atoms with E-state index >= 15 is 0 Å². The standard InChI is InChI=1S/C16H24N2O/c1-4-18-11-9-16(10-12-18)17(3)15-7-5-14(6-8-15)13(2)19/h5-8,16H,4,9-12H2,1-3H3. The number of carbonyl (C=O) groups excluding carboxylic acids is 1. The number of piperidine rings is 1. The fraction of sp³-hybridized carbons (Fsp3) is 0.562. The van der Waals surface area contributed by atoms with Crippen LogP contribution in [-0.4, -0.2) is 43.4 Å². The van der Waals surface area contributed by atoms with Crippen LogP contribution in [0.25, 0.3) is 0 Å². The maximum absolute atomic E-state index is 11.3. The normalized spacial score (nSPS) is 17.4. The van der Waals surface area contributed by atoms with Crippen molar-refractivity contribution in [1.29, 1.82) is 0 Å². The molecule has 1 aromatic carbocycles. The fourth-order valence-electron chi connectivity index (χ4n) is 2.76. The van der Waals surface area contributed by atoms with Crippen molar-refractivity contribution < 1.29 is 4.79 Å². The first-order valence-corrected chi connectivity index (χ1v) is 7.18. The van der Waals surface area contributed by atoms with E-state index in [0.29, 0.717) is 6.04 Å². The van der Waals surface area contributed by atoms with Gasteiger partial charge in [-0.05, 0) is 50.6 Å². The number of Topliss-reactive ketones (excluding diaryl/α,β-unsaturated/α-hetero) is 1. The third-order valence-corrected chi connectivity index (χ3v) is 4.23. The molecule has 1 heterocycles. The second-order valence-electron chi connectivity index (χ2n) is 5.38. The molecule has 2 rings (SSSR count). The Hall–Kier alpha value is -1.35. The van der Waals surface area contributed by atoms with E-state index in [9.17, 15) is 4.79 Å².